The van der Waals surface area contributed by atoms with E-state index in [1.165, 1.54) is 0 Å². The number of guanidine groups is 1. The van der Waals surface area contributed by atoms with Gasteiger partial charge in [-0.25, -0.2) is 4.79 Å². The van der Waals surface area contributed by atoms with Crippen LogP contribution >= 0.6 is 0 Å². The molecule has 0 saturated carbocycles. The van der Waals surface area contributed by atoms with Gasteiger partial charge in [0.15, 0.2) is 5.96 Å². The predicted molar refractivity (Wildman–Crippen MR) is 101 cm³/mol. The molecule has 0 aliphatic carbocycles. The molecule has 1 fully saturated rings. The molecule has 0 bridgehead atoms. The minimum Gasteiger partial charge on any atom is -0.444 e. The number of nitrogens with one attached hydrogen (secondary N) is 1. The van der Waals surface area contributed by atoms with Crippen LogP contribution in [0.4, 0.5) is 4.79 Å². The van der Waals surface area contributed by atoms with Gasteiger partial charge in [-0.3, -0.25) is 4.99 Å². The highest BCUT2D eigenvalue weighted by molar-refractivity contribution is 5.80. The molecule has 0 aromatic heterocycles. The molecule has 1 atom stereocenters. The molecule has 25 heavy (non-hydrogen) atoms. The summed E-state index contributed by atoms with van der Waals surface area (Å²) in [5.41, 5.74) is -0.478. The third kappa shape index (κ3) is 7.94. The third-order valence-electron chi connectivity index (χ3n) is 3.99. The molecule has 1 N–H and O–H groups in total. The maximum Gasteiger partial charge on any atom is 0.410 e. The lowest BCUT2D eigenvalue weighted by atomic mass is 10.1. The van der Waals surface area contributed by atoms with Crippen molar-refractivity contribution in [2.75, 3.05) is 53.0 Å². The van der Waals surface area contributed by atoms with E-state index in [4.69, 9.17) is 14.5 Å². The Morgan fingerprint density at radius 3 is 2.64 bits per heavy atom. The first-order valence-corrected chi connectivity index (χ1v) is 9.30. The zero-order valence-electron chi connectivity index (χ0n) is 16.8. The molecular formula is C18H36N4O3. The van der Waals surface area contributed by atoms with E-state index in [1.54, 1.807) is 12.0 Å². The predicted octanol–water partition coefficient (Wildman–Crippen LogP) is 2.18. The van der Waals surface area contributed by atoms with E-state index < -0.39 is 5.60 Å². The molecule has 146 valence electrons. The van der Waals surface area contributed by atoms with Crippen LogP contribution in [0.1, 0.15) is 41.0 Å². The highest BCUT2D eigenvalue weighted by atomic mass is 16.6. The minimum absolute atomic E-state index is 0.281. The number of ether oxygens (including phenoxy) is 2. The van der Waals surface area contributed by atoms with Crippen molar-refractivity contribution in [2.45, 2.75) is 46.6 Å². The molecule has 1 aliphatic heterocycles. The normalized spacial score (nSPS) is 18.4. The number of aliphatic imine (C=N–C) groups is 1. The van der Waals surface area contributed by atoms with Crippen LogP contribution in [0.5, 0.6) is 0 Å². The van der Waals surface area contributed by atoms with Crippen molar-refractivity contribution >= 4 is 12.1 Å². The monoisotopic (exact) mass is 356 g/mol. The Morgan fingerprint density at radius 1 is 1.36 bits per heavy atom. The molecule has 7 heteroatoms. The fourth-order valence-electron chi connectivity index (χ4n) is 2.80. The van der Waals surface area contributed by atoms with Crippen LogP contribution in [-0.4, -0.2) is 80.4 Å². The lowest BCUT2D eigenvalue weighted by Gasteiger charge is -2.26. The minimum atomic E-state index is -0.478. The molecule has 1 unspecified atom stereocenters. The first-order chi connectivity index (χ1) is 11.8. The van der Waals surface area contributed by atoms with Gasteiger partial charge in [0, 0.05) is 45.8 Å². The van der Waals surface area contributed by atoms with Crippen molar-refractivity contribution in [3.8, 4) is 0 Å². The van der Waals surface area contributed by atoms with Gasteiger partial charge in [-0.05, 0) is 41.0 Å². The molecule has 0 aromatic rings. The van der Waals surface area contributed by atoms with Gasteiger partial charge in [-0.2, -0.15) is 0 Å². The SMILES string of the molecule is CCNC(=NCCN(CC)C(=O)OC(C)(C)C)N1CCC(COC)C1. The Kier molecular flexibility index (Phi) is 9.03. The molecule has 0 radical (unpaired) electrons. The number of likely N-dealkylation sites (tertiary alicyclic amines) is 1. The summed E-state index contributed by atoms with van der Waals surface area (Å²) in [6, 6.07) is 0. The van der Waals surface area contributed by atoms with Gasteiger partial charge in [0.05, 0.1) is 13.2 Å². The standard InChI is InChI=1S/C18H36N4O3/c1-7-19-16(22-11-9-15(13-22)14-24-6)20-10-12-21(8-2)17(23)25-18(3,4)5/h15H,7-14H2,1-6H3,(H,19,20). The largest absolute Gasteiger partial charge is 0.444 e. The van der Waals surface area contributed by atoms with Gasteiger partial charge in [0.25, 0.3) is 0 Å². The van der Waals surface area contributed by atoms with Crippen molar-refractivity contribution in [1.29, 1.82) is 0 Å². The molecule has 0 spiro atoms. The second-order valence-corrected chi connectivity index (χ2v) is 7.35. The summed E-state index contributed by atoms with van der Waals surface area (Å²) >= 11 is 0. The molecular weight excluding hydrogens is 320 g/mol. The van der Waals surface area contributed by atoms with Crippen LogP contribution in [-0.2, 0) is 9.47 Å². The third-order valence-corrected chi connectivity index (χ3v) is 3.99. The van der Waals surface area contributed by atoms with E-state index in [1.807, 2.05) is 27.7 Å². The van der Waals surface area contributed by atoms with Crippen LogP contribution in [0.2, 0.25) is 0 Å². The number of likely N-dealkylation sites (N-methyl/N-ethyl adjacent to an activating group) is 1. The van der Waals surface area contributed by atoms with Crippen molar-refractivity contribution in [1.82, 2.24) is 15.1 Å². The molecule has 1 rings (SSSR count). The maximum absolute atomic E-state index is 12.2. The zero-order chi connectivity index (χ0) is 18.9. The average Bonchev–Trinajstić information content (AvgIpc) is 2.97. The van der Waals surface area contributed by atoms with Gasteiger partial charge >= 0.3 is 6.09 Å². The summed E-state index contributed by atoms with van der Waals surface area (Å²) in [4.78, 5) is 20.8. The fourth-order valence-corrected chi connectivity index (χ4v) is 2.80. The first kappa shape index (κ1) is 21.5. The quantitative estimate of drug-likeness (QED) is 0.559. The number of nitrogens with zero attached hydrogens (tertiary/aromatic N) is 3. The molecule has 1 aliphatic rings. The van der Waals surface area contributed by atoms with E-state index in [9.17, 15) is 4.79 Å². The van der Waals surface area contributed by atoms with Gasteiger partial charge in [-0.1, -0.05) is 0 Å². The molecule has 1 heterocycles. The highest BCUT2D eigenvalue weighted by Gasteiger charge is 2.25. The van der Waals surface area contributed by atoms with Crippen molar-refractivity contribution in [2.24, 2.45) is 10.9 Å². The van der Waals surface area contributed by atoms with E-state index in [2.05, 4.69) is 17.1 Å². The van der Waals surface area contributed by atoms with Crippen molar-refractivity contribution < 1.29 is 14.3 Å². The summed E-state index contributed by atoms with van der Waals surface area (Å²) in [6.07, 6.45) is 0.841. The van der Waals surface area contributed by atoms with Gasteiger partial charge in [0.1, 0.15) is 5.60 Å². The second-order valence-electron chi connectivity index (χ2n) is 7.35. The Bertz CT molecular complexity index is 435. The lowest BCUT2D eigenvalue weighted by molar-refractivity contribution is 0.0266. The zero-order valence-corrected chi connectivity index (χ0v) is 16.8. The van der Waals surface area contributed by atoms with Crippen LogP contribution in [0.15, 0.2) is 4.99 Å². The topological polar surface area (TPSA) is 66.4 Å². The molecule has 1 saturated heterocycles. The number of carbonyl (C=O) groups is 1. The van der Waals surface area contributed by atoms with Gasteiger partial charge < -0.3 is 24.6 Å². The van der Waals surface area contributed by atoms with Crippen LogP contribution in [0.3, 0.4) is 0 Å². The fraction of sp³-hybridized carbons (Fsp3) is 0.889. The summed E-state index contributed by atoms with van der Waals surface area (Å²) in [5.74, 6) is 1.48. The number of methoxy groups -OCH3 is 1. The van der Waals surface area contributed by atoms with Crippen molar-refractivity contribution in [3.63, 3.8) is 0 Å². The Morgan fingerprint density at radius 2 is 2.08 bits per heavy atom. The summed E-state index contributed by atoms with van der Waals surface area (Å²) < 4.78 is 10.7. The van der Waals surface area contributed by atoms with E-state index in [0.29, 0.717) is 25.6 Å². The number of hydrogen-bond acceptors (Lipinski definition) is 4. The Hall–Kier alpha value is -1.50. The summed E-state index contributed by atoms with van der Waals surface area (Å²) in [6.45, 7) is 14.9. The maximum atomic E-state index is 12.2. The smallest absolute Gasteiger partial charge is 0.410 e. The number of carbonyl (C=O) groups excluding carboxylic acids is 1. The van der Waals surface area contributed by atoms with Crippen molar-refractivity contribution in [3.05, 3.63) is 0 Å². The van der Waals surface area contributed by atoms with E-state index in [-0.39, 0.29) is 6.09 Å². The average molecular weight is 357 g/mol. The number of amides is 1. The lowest BCUT2D eigenvalue weighted by Crippen LogP contribution is -2.41. The highest BCUT2D eigenvalue weighted by Crippen LogP contribution is 2.16. The summed E-state index contributed by atoms with van der Waals surface area (Å²) in [5, 5.41) is 3.35. The van der Waals surface area contributed by atoms with Gasteiger partial charge in [0.2, 0.25) is 0 Å². The molecule has 0 aromatic carbocycles. The van der Waals surface area contributed by atoms with Crippen LogP contribution < -0.4 is 5.32 Å². The number of hydrogen-bond donors (Lipinski definition) is 1. The first-order valence-electron chi connectivity index (χ1n) is 9.30. The Labute approximate surface area is 152 Å². The summed E-state index contributed by atoms with van der Waals surface area (Å²) in [7, 11) is 1.75. The number of rotatable bonds is 7. The van der Waals surface area contributed by atoms with Crippen LogP contribution in [0, 0.1) is 5.92 Å². The molecule has 7 nitrogen and oxygen atoms in total. The second kappa shape index (κ2) is 10.5. The van der Waals surface area contributed by atoms with E-state index >= 15 is 0 Å². The molecule has 1 amide bonds. The van der Waals surface area contributed by atoms with E-state index in [0.717, 1.165) is 38.6 Å². The Balaban J connectivity index is 2.57. The van der Waals surface area contributed by atoms with Gasteiger partial charge in [-0.15, -0.1) is 0 Å². The van der Waals surface area contributed by atoms with Crippen LogP contribution in [0.25, 0.3) is 0 Å².